The average molecular weight is 342 g/mol. The van der Waals surface area contributed by atoms with Gasteiger partial charge in [-0.05, 0) is 35.9 Å². The van der Waals surface area contributed by atoms with Crippen LogP contribution in [-0.4, -0.2) is 20.0 Å². The summed E-state index contributed by atoms with van der Waals surface area (Å²) in [6.45, 7) is 0. The third-order valence-corrected chi connectivity index (χ3v) is 4.04. The Hall–Kier alpha value is -2.99. The van der Waals surface area contributed by atoms with Gasteiger partial charge in [-0.1, -0.05) is 18.2 Å². The maximum atomic E-state index is 13.9. The van der Waals surface area contributed by atoms with E-state index >= 15 is 0 Å². The van der Waals surface area contributed by atoms with Crippen LogP contribution in [0.4, 0.5) is 4.39 Å². The van der Waals surface area contributed by atoms with Crippen molar-refractivity contribution in [2.45, 2.75) is 0 Å². The third kappa shape index (κ3) is 2.11. The molecule has 24 heavy (non-hydrogen) atoms. The second-order valence-corrected chi connectivity index (χ2v) is 5.60. The second kappa shape index (κ2) is 5.28. The van der Waals surface area contributed by atoms with Gasteiger partial charge in [-0.25, -0.2) is 4.39 Å². The molecule has 0 radical (unpaired) electrons. The number of rotatable bonds is 2. The Morgan fingerprint density at radius 3 is 2.79 bits per heavy atom. The first-order chi connectivity index (χ1) is 11.6. The molecule has 0 spiro atoms. The highest BCUT2D eigenvalue weighted by molar-refractivity contribution is 6.67. The van der Waals surface area contributed by atoms with E-state index in [4.69, 9.17) is 11.6 Å². The van der Waals surface area contributed by atoms with E-state index in [0.29, 0.717) is 22.3 Å². The lowest BCUT2D eigenvalue weighted by molar-refractivity contribution is 0.108. The SMILES string of the molecule is O=C(Cl)c1cccc(-n2nc3c4cccc(F)c4[nH]cc-3c2=O)c1. The van der Waals surface area contributed by atoms with Crippen LogP contribution in [0.1, 0.15) is 10.4 Å². The van der Waals surface area contributed by atoms with Gasteiger partial charge < -0.3 is 4.98 Å². The predicted octanol–water partition coefficient (Wildman–Crippen LogP) is 3.34. The number of carbonyl (C=O) groups is 1. The van der Waals surface area contributed by atoms with Crippen LogP contribution >= 0.6 is 11.6 Å². The van der Waals surface area contributed by atoms with Crippen LogP contribution < -0.4 is 5.56 Å². The van der Waals surface area contributed by atoms with Gasteiger partial charge in [0.15, 0.2) is 0 Å². The molecule has 0 amide bonds. The lowest BCUT2D eigenvalue weighted by atomic mass is 10.1. The van der Waals surface area contributed by atoms with Gasteiger partial charge in [0.2, 0.25) is 0 Å². The normalized spacial score (nSPS) is 11.2. The Bertz CT molecular complexity index is 1130. The van der Waals surface area contributed by atoms with Gasteiger partial charge in [0.25, 0.3) is 10.8 Å². The highest BCUT2D eigenvalue weighted by Crippen LogP contribution is 2.27. The predicted molar refractivity (Wildman–Crippen MR) is 88.5 cm³/mol. The summed E-state index contributed by atoms with van der Waals surface area (Å²) in [5, 5.41) is 4.20. The molecular formula is C17H9ClFN3O2. The summed E-state index contributed by atoms with van der Waals surface area (Å²) >= 11 is 5.48. The molecule has 0 saturated heterocycles. The van der Waals surface area contributed by atoms with Gasteiger partial charge in [-0.15, -0.1) is 0 Å². The first-order valence-electron chi connectivity index (χ1n) is 7.05. The zero-order valence-electron chi connectivity index (χ0n) is 12.1. The standard InChI is InChI=1S/C17H9ClFN3O2/c18-16(23)9-3-1-4-10(7-9)22-17(24)12-8-20-15-11(14(12)21-22)5-2-6-13(15)19/h1-8,20H. The molecular weight excluding hydrogens is 333 g/mol. The third-order valence-electron chi connectivity index (χ3n) is 3.83. The monoisotopic (exact) mass is 341 g/mol. The van der Waals surface area contributed by atoms with Gasteiger partial charge in [0, 0.05) is 17.1 Å². The minimum Gasteiger partial charge on any atom is -0.358 e. The second-order valence-electron chi connectivity index (χ2n) is 5.25. The van der Waals surface area contributed by atoms with Crippen molar-refractivity contribution in [2.24, 2.45) is 0 Å². The molecule has 0 bridgehead atoms. The molecule has 5 nitrogen and oxygen atoms in total. The molecule has 0 saturated carbocycles. The molecule has 1 N–H and O–H groups in total. The molecule has 4 rings (SSSR count). The Labute approximate surface area is 139 Å². The zero-order chi connectivity index (χ0) is 16.8. The first-order valence-corrected chi connectivity index (χ1v) is 7.43. The van der Waals surface area contributed by atoms with E-state index in [9.17, 15) is 14.0 Å². The molecule has 7 heteroatoms. The average Bonchev–Trinajstić information content (AvgIpc) is 2.93. The van der Waals surface area contributed by atoms with E-state index in [1.165, 1.54) is 23.0 Å². The number of hydrogen-bond donors (Lipinski definition) is 1. The van der Waals surface area contributed by atoms with Crippen LogP contribution in [0, 0.1) is 5.82 Å². The van der Waals surface area contributed by atoms with Crippen LogP contribution in [0.25, 0.3) is 27.8 Å². The van der Waals surface area contributed by atoms with Crippen molar-refractivity contribution >= 4 is 27.7 Å². The van der Waals surface area contributed by atoms with Crippen molar-refractivity contribution in [1.82, 2.24) is 14.8 Å². The fourth-order valence-electron chi connectivity index (χ4n) is 2.69. The van der Waals surface area contributed by atoms with Crippen molar-refractivity contribution in [3.8, 4) is 16.9 Å². The van der Waals surface area contributed by atoms with Crippen LogP contribution in [0.3, 0.4) is 0 Å². The zero-order valence-corrected chi connectivity index (χ0v) is 12.8. The fourth-order valence-corrected chi connectivity index (χ4v) is 2.81. The highest BCUT2D eigenvalue weighted by Gasteiger charge is 2.20. The van der Waals surface area contributed by atoms with E-state index in [0.717, 1.165) is 0 Å². The maximum absolute atomic E-state index is 13.9. The number of pyridine rings is 1. The fraction of sp³-hybridized carbons (Fsp3) is 0. The molecule has 118 valence electrons. The van der Waals surface area contributed by atoms with E-state index in [1.54, 1.807) is 30.3 Å². The summed E-state index contributed by atoms with van der Waals surface area (Å²) in [7, 11) is 0. The molecule has 0 unspecified atom stereocenters. The Morgan fingerprint density at radius 2 is 2.00 bits per heavy atom. The van der Waals surface area contributed by atoms with Crippen LogP contribution in [0.5, 0.6) is 0 Å². The summed E-state index contributed by atoms with van der Waals surface area (Å²) in [5.74, 6) is -0.425. The Kier molecular flexibility index (Phi) is 3.21. The molecule has 2 aromatic carbocycles. The van der Waals surface area contributed by atoms with Crippen LogP contribution in [-0.2, 0) is 0 Å². The van der Waals surface area contributed by atoms with Gasteiger partial charge in [-0.2, -0.15) is 9.78 Å². The largest absolute Gasteiger partial charge is 0.358 e. The van der Waals surface area contributed by atoms with E-state index in [2.05, 4.69) is 10.1 Å². The topological polar surface area (TPSA) is 67.8 Å². The highest BCUT2D eigenvalue weighted by atomic mass is 35.5. The smallest absolute Gasteiger partial charge is 0.282 e. The number of hydrogen-bond acceptors (Lipinski definition) is 3. The quantitative estimate of drug-likeness (QED) is 0.569. The number of halogens is 2. The Balaban J connectivity index is 2.03. The number of para-hydroxylation sites is 1. The van der Waals surface area contributed by atoms with Crippen molar-refractivity contribution < 1.29 is 9.18 Å². The maximum Gasteiger partial charge on any atom is 0.282 e. The van der Waals surface area contributed by atoms with Gasteiger partial charge >= 0.3 is 0 Å². The number of nitrogens with zero attached hydrogens (tertiary/aromatic N) is 2. The van der Waals surface area contributed by atoms with Gasteiger partial charge in [0.1, 0.15) is 11.5 Å². The first kappa shape index (κ1) is 14.6. The van der Waals surface area contributed by atoms with E-state index in [-0.39, 0.29) is 16.6 Å². The van der Waals surface area contributed by atoms with Gasteiger partial charge in [0.05, 0.1) is 16.8 Å². The minimum atomic E-state index is -0.623. The van der Waals surface area contributed by atoms with Crippen molar-refractivity contribution in [1.29, 1.82) is 0 Å². The number of fused-ring (bicyclic) bond motifs is 3. The molecule has 0 fully saturated rings. The lowest BCUT2D eigenvalue weighted by Gasteiger charge is -2.03. The summed E-state index contributed by atoms with van der Waals surface area (Å²) in [6.07, 6.45) is 1.43. The molecule has 0 aliphatic carbocycles. The molecule has 0 atom stereocenters. The van der Waals surface area contributed by atoms with E-state index < -0.39 is 11.1 Å². The van der Waals surface area contributed by atoms with Crippen LogP contribution in [0.2, 0.25) is 0 Å². The summed E-state index contributed by atoms with van der Waals surface area (Å²) in [4.78, 5) is 26.7. The summed E-state index contributed by atoms with van der Waals surface area (Å²) in [6, 6.07) is 10.9. The van der Waals surface area contributed by atoms with Crippen molar-refractivity contribution in [2.75, 3.05) is 0 Å². The number of H-pyrrole nitrogens is 1. The van der Waals surface area contributed by atoms with Crippen molar-refractivity contribution in [3.63, 3.8) is 0 Å². The summed E-state index contributed by atoms with van der Waals surface area (Å²) in [5.41, 5.74) is 1.29. The van der Waals surface area contributed by atoms with Crippen LogP contribution in [0.15, 0.2) is 53.5 Å². The lowest BCUT2D eigenvalue weighted by Crippen LogP contribution is -2.14. The number of benzene rings is 2. The molecule has 2 aliphatic heterocycles. The number of aromatic nitrogens is 3. The Morgan fingerprint density at radius 1 is 1.21 bits per heavy atom. The number of nitrogens with one attached hydrogen (secondary N) is 1. The van der Waals surface area contributed by atoms with Gasteiger partial charge in [-0.3, -0.25) is 9.59 Å². The molecule has 2 aromatic rings. The minimum absolute atomic E-state index is 0.260. The number of aromatic amines is 1. The number of carbonyl (C=O) groups excluding carboxylic acids is 1. The van der Waals surface area contributed by atoms with Crippen molar-refractivity contribution in [3.05, 3.63) is 70.4 Å². The molecule has 2 aliphatic rings. The molecule has 0 aromatic heterocycles. The summed E-state index contributed by atoms with van der Waals surface area (Å²) < 4.78 is 15.1. The van der Waals surface area contributed by atoms with E-state index in [1.807, 2.05) is 0 Å². The molecule has 2 heterocycles.